The van der Waals surface area contributed by atoms with Crippen LogP contribution in [0.4, 0.5) is 4.39 Å². The van der Waals surface area contributed by atoms with Crippen molar-refractivity contribution in [3.05, 3.63) is 69.9 Å². The van der Waals surface area contributed by atoms with E-state index < -0.39 is 0 Å². The summed E-state index contributed by atoms with van der Waals surface area (Å²) in [6.07, 6.45) is 1.09. The minimum atomic E-state index is -0.131. The minimum absolute atomic E-state index is 0.131. The summed E-state index contributed by atoms with van der Waals surface area (Å²) in [5.41, 5.74) is 2.75. The molecule has 1 aliphatic carbocycles. The van der Waals surface area contributed by atoms with Gasteiger partial charge in [0.2, 0.25) is 0 Å². The zero-order valence-electron chi connectivity index (χ0n) is 13.3. The quantitative estimate of drug-likeness (QED) is 0.728. The van der Waals surface area contributed by atoms with Gasteiger partial charge in [0.05, 0.1) is 0 Å². The third-order valence-electron chi connectivity index (χ3n) is 5.84. The summed E-state index contributed by atoms with van der Waals surface area (Å²) in [6, 6.07) is 16.1. The molecule has 0 spiro atoms. The number of hydrogen-bond acceptors (Lipinski definition) is 1. The van der Waals surface area contributed by atoms with E-state index in [1.165, 1.54) is 11.1 Å². The van der Waals surface area contributed by atoms with E-state index in [2.05, 4.69) is 64.2 Å². The van der Waals surface area contributed by atoms with Crippen LogP contribution in [0.1, 0.15) is 24.5 Å². The van der Waals surface area contributed by atoms with Gasteiger partial charge >= 0.3 is 0 Å². The lowest BCUT2D eigenvalue weighted by atomic mass is 9.87. The molecule has 2 aliphatic rings. The molecule has 2 fully saturated rings. The van der Waals surface area contributed by atoms with Crippen molar-refractivity contribution in [3.63, 3.8) is 0 Å². The highest BCUT2D eigenvalue weighted by Crippen LogP contribution is 2.65. The zero-order valence-corrected chi connectivity index (χ0v) is 14.9. The molecule has 0 N–H and O–H groups in total. The van der Waals surface area contributed by atoms with Crippen LogP contribution >= 0.6 is 15.9 Å². The zero-order chi connectivity index (χ0) is 16.0. The lowest BCUT2D eigenvalue weighted by Gasteiger charge is -2.26. The lowest BCUT2D eigenvalue weighted by Crippen LogP contribution is -2.29. The molecule has 23 heavy (non-hydrogen) atoms. The largest absolute Gasteiger partial charge is 0.298 e. The second-order valence-electron chi connectivity index (χ2n) is 6.94. The average molecular weight is 374 g/mol. The maximum absolute atomic E-state index is 13.8. The SMILES string of the molecule is CCC1(c2cc(F)cc(Br)c2)C2CN(Cc3ccccc3)CC21. The first-order valence-electron chi connectivity index (χ1n) is 8.36. The van der Waals surface area contributed by atoms with Crippen LogP contribution < -0.4 is 0 Å². The van der Waals surface area contributed by atoms with Crippen LogP contribution in [-0.4, -0.2) is 18.0 Å². The van der Waals surface area contributed by atoms with Crippen LogP contribution in [0.2, 0.25) is 0 Å². The van der Waals surface area contributed by atoms with E-state index in [-0.39, 0.29) is 11.2 Å². The second-order valence-corrected chi connectivity index (χ2v) is 7.86. The highest BCUT2D eigenvalue weighted by Gasteiger charge is 2.67. The number of likely N-dealkylation sites (tertiary alicyclic amines) is 1. The lowest BCUT2D eigenvalue weighted by molar-refractivity contribution is 0.262. The van der Waals surface area contributed by atoms with Crippen molar-refractivity contribution in [3.8, 4) is 0 Å². The fraction of sp³-hybridized carbons (Fsp3) is 0.400. The molecule has 0 bridgehead atoms. The van der Waals surface area contributed by atoms with E-state index in [4.69, 9.17) is 0 Å². The van der Waals surface area contributed by atoms with Crippen LogP contribution in [0.3, 0.4) is 0 Å². The molecule has 0 aromatic heterocycles. The van der Waals surface area contributed by atoms with Gasteiger partial charge in [-0.15, -0.1) is 0 Å². The van der Waals surface area contributed by atoms with Crippen molar-refractivity contribution in [1.82, 2.24) is 4.90 Å². The molecule has 2 aromatic rings. The molecule has 3 heteroatoms. The van der Waals surface area contributed by atoms with Crippen molar-refractivity contribution >= 4 is 15.9 Å². The van der Waals surface area contributed by atoms with Crippen molar-refractivity contribution in [1.29, 1.82) is 0 Å². The number of halogens is 2. The summed E-state index contributed by atoms with van der Waals surface area (Å²) >= 11 is 3.45. The molecule has 1 aliphatic heterocycles. The summed E-state index contributed by atoms with van der Waals surface area (Å²) in [5, 5.41) is 0. The Morgan fingerprint density at radius 3 is 2.43 bits per heavy atom. The third kappa shape index (κ3) is 2.54. The highest BCUT2D eigenvalue weighted by molar-refractivity contribution is 9.10. The Kier molecular flexibility index (Phi) is 3.81. The molecule has 1 heterocycles. The molecule has 2 aromatic carbocycles. The van der Waals surface area contributed by atoms with Gasteiger partial charge in [-0.3, -0.25) is 4.90 Å². The molecular weight excluding hydrogens is 353 g/mol. The van der Waals surface area contributed by atoms with Gasteiger partial charge in [-0.2, -0.15) is 0 Å². The maximum Gasteiger partial charge on any atom is 0.124 e. The molecule has 4 rings (SSSR count). The molecule has 0 radical (unpaired) electrons. The van der Waals surface area contributed by atoms with Crippen molar-refractivity contribution in [2.45, 2.75) is 25.3 Å². The highest BCUT2D eigenvalue weighted by atomic mass is 79.9. The number of hydrogen-bond donors (Lipinski definition) is 0. The Hall–Kier alpha value is -1.19. The summed E-state index contributed by atoms with van der Waals surface area (Å²) in [5.74, 6) is 1.21. The van der Waals surface area contributed by atoms with Gasteiger partial charge < -0.3 is 0 Å². The van der Waals surface area contributed by atoms with Crippen LogP contribution in [0.15, 0.2) is 53.0 Å². The van der Waals surface area contributed by atoms with E-state index >= 15 is 0 Å². The smallest absolute Gasteiger partial charge is 0.124 e. The van der Waals surface area contributed by atoms with Gasteiger partial charge in [0.15, 0.2) is 0 Å². The molecular formula is C20H21BrFN. The number of benzene rings is 2. The second kappa shape index (κ2) is 5.71. The average Bonchev–Trinajstić information content (AvgIpc) is 2.92. The first-order valence-corrected chi connectivity index (χ1v) is 9.15. The van der Waals surface area contributed by atoms with E-state index in [1.807, 2.05) is 0 Å². The molecule has 2 atom stereocenters. The van der Waals surface area contributed by atoms with E-state index in [9.17, 15) is 4.39 Å². The van der Waals surface area contributed by atoms with Crippen molar-refractivity contribution in [2.24, 2.45) is 11.8 Å². The predicted octanol–water partition coefficient (Wildman–Crippen LogP) is 5.00. The first-order chi connectivity index (χ1) is 11.1. The van der Waals surface area contributed by atoms with Gasteiger partial charge in [-0.1, -0.05) is 53.2 Å². The van der Waals surface area contributed by atoms with E-state index in [1.54, 1.807) is 12.1 Å². The Bertz CT molecular complexity index is 683. The van der Waals surface area contributed by atoms with E-state index in [0.29, 0.717) is 11.8 Å². The normalized spacial score (nSPS) is 29.5. The number of nitrogens with zero attached hydrogens (tertiary/aromatic N) is 1. The Balaban J connectivity index is 1.51. The number of fused-ring (bicyclic) bond motifs is 1. The summed E-state index contributed by atoms with van der Waals surface area (Å²) in [6.45, 7) is 5.53. The Morgan fingerprint density at radius 2 is 1.83 bits per heavy atom. The summed E-state index contributed by atoms with van der Waals surface area (Å²) in [7, 11) is 0. The van der Waals surface area contributed by atoms with Crippen LogP contribution in [0, 0.1) is 17.7 Å². The van der Waals surface area contributed by atoms with Gasteiger partial charge in [-0.25, -0.2) is 4.39 Å². The first kappa shape index (κ1) is 15.3. The van der Waals surface area contributed by atoms with Crippen LogP contribution in [0.5, 0.6) is 0 Å². The Morgan fingerprint density at radius 1 is 1.13 bits per heavy atom. The molecule has 0 amide bonds. The van der Waals surface area contributed by atoms with Crippen molar-refractivity contribution < 1.29 is 4.39 Å². The van der Waals surface area contributed by atoms with Crippen molar-refractivity contribution in [2.75, 3.05) is 13.1 Å². The van der Waals surface area contributed by atoms with Gasteiger partial charge in [0.25, 0.3) is 0 Å². The fourth-order valence-corrected chi connectivity index (χ4v) is 5.23. The topological polar surface area (TPSA) is 3.24 Å². The molecule has 2 unspecified atom stereocenters. The number of rotatable bonds is 4. The molecule has 1 saturated carbocycles. The minimum Gasteiger partial charge on any atom is -0.298 e. The monoisotopic (exact) mass is 373 g/mol. The maximum atomic E-state index is 13.8. The van der Waals surface area contributed by atoms with E-state index in [0.717, 1.165) is 30.5 Å². The molecule has 1 saturated heterocycles. The fourth-order valence-electron chi connectivity index (χ4n) is 4.77. The summed E-state index contributed by atoms with van der Waals surface area (Å²) < 4.78 is 14.7. The summed E-state index contributed by atoms with van der Waals surface area (Å²) in [4.78, 5) is 2.55. The van der Waals surface area contributed by atoms with Gasteiger partial charge in [-0.05, 0) is 47.6 Å². The predicted molar refractivity (Wildman–Crippen MR) is 94.8 cm³/mol. The molecule has 120 valence electrons. The van der Waals surface area contributed by atoms with Gasteiger partial charge in [0.1, 0.15) is 5.82 Å². The standard InChI is InChI=1S/C20H21BrFN/c1-2-20(15-8-16(21)10-17(22)9-15)18-12-23(13-19(18)20)11-14-6-4-3-5-7-14/h3-10,18-19H,2,11-13H2,1H3. The molecule has 1 nitrogen and oxygen atoms in total. The van der Waals surface area contributed by atoms with Crippen LogP contribution in [0.25, 0.3) is 0 Å². The van der Waals surface area contributed by atoms with Gasteiger partial charge in [0, 0.05) is 29.5 Å². The Labute approximate surface area is 145 Å². The third-order valence-corrected chi connectivity index (χ3v) is 6.30. The van der Waals surface area contributed by atoms with Crippen LogP contribution in [-0.2, 0) is 12.0 Å². The number of piperidine rings is 1.